The van der Waals surface area contributed by atoms with Crippen molar-refractivity contribution >= 4 is 18.2 Å². The Morgan fingerprint density at radius 3 is 2.54 bits per heavy atom. The average Bonchev–Trinajstić information content (AvgIpc) is 3.02. The number of carbonyl (C=O) groups is 1. The maximum atomic E-state index is 12.5. The zero-order chi connectivity index (χ0) is 19.9. The van der Waals surface area contributed by atoms with E-state index in [2.05, 4.69) is 15.1 Å². The summed E-state index contributed by atoms with van der Waals surface area (Å²) in [7, 11) is 1.63. The third-order valence-corrected chi connectivity index (χ3v) is 4.43. The van der Waals surface area contributed by atoms with Crippen LogP contribution >= 0.6 is 0 Å². The smallest absolute Gasteiger partial charge is 0.273 e. The van der Waals surface area contributed by atoms with Gasteiger partial charge in [0.05, 0.1) is 12.7 Å². The largest absolute Gasteiger partial charge is 0.496 e. The lowest BCUT2D eigenvalue weighted by Crippen LogP contribution is -2.18. The fourth-order valence-electron chi connectivity index (χ4n) is 3.12. The summed E-state index contributed by atoms with van der Waals surface area (Å²) in [5, 5.41) is 4.01. The number of aryl methyl sites for hydroxylation is 1. The molecule has 0 saturated heterocycles. The molecule has 0 aliphatic carbocycles. The van der Waals surface area contributed by atoms with E-state index >= 15 is 0 Å². The van der Waals surface area contributed by atoms with Crippen molar-refractivity contribution in [1.29, 1.82) is 0 Å². The van der Waals surface area contributed by atoms with Gasteiger partial charge in [-0.25, -0.2) is 5.43 Å². The molecule has 0 atom stereocenters. The number of amides is 1. The van der Waals surface area contributed by atoms with Gasteiger partial charge in [-0.05, 0) is 50.3 Å². The van der Waals surface area contributed by atoms with Crippen molar-refractivity contribution in [2.24, 2.45) is 5.10 Å². The molecule has 0 aliphatic heterocycles. The average molecular weight is 373 g/mol. The molecule has 3 rings (SSSR count). The van der Waals surface area contributed by atoms with Gasteiger partial charge in [0, 0.05) is 28.9 Å². The predicted molar refractivity (Wildman–Crippen MR) is 113 cm³/mol. The lowest BCUT2D eigenvalue weighted by atomic mass is 10.2. The number of nitrogens with zero attached hydrogens (tertiary/aromatic N) is 2. The Bertz CT molecular complexity index is 1020. The molecule has 28 heavy (non-hydrogen) atoms. The zero-order valence-electron chi connectivity index (χ0n) is 16.2. The van der Waals surface area contributed by atoms with Gasteiger partial charge < -0.3 is 9.30 Å². The van der Waals surface area contributed by atoms with E-state index in [0.717, 1.165) is 28.4 Å². The number of benzene rings is 2. The highest BCUT2D eigenvalue weighted by Crippen LogP contribution is 2.21. The van der Waals surface area contributed by atoms with Crippen molar-refractivity contribution in [2.45, 2.75) is 13.8 Å². The molecule has 142 valence electrons. The van der Waals surface area contributed by atoms with Crippen molar-refractivity contribution in [1.82, 2.24) is 9.99 Å². The summed E-state index contributed by atoms with van der Waals surface area (Å²) in [5.41, 5.74) is 7.02. The Kier molecular flexibility index (Phi) is 6.07. The maximum Gasteiger partial charge on any atom is 0.273 e. The Morgan fingerprint density at radius 2 is 1.79 bits per heavy atom. The number of hydrazone groups is 1. The number of ether oxygens (including phenoxy) is 1. The minimum absolute atomic E-state index is 0.239. The van der Waals surface area contributed by atoms with Crippen molar-refractivity contribution in [3.05, 3.63) is 89.3 Å². The second-order valence-corrected chi connectivity index (χ2v) is 6.28. The molecule has 0 aliphatic rings. The SMILES string of the molecule is COc1ccccc1/C=C/C=N\NC(=O)c1cc(C)n(-c2ccccc2)c1C. The van der Waals surface area contributed by atoms with Crippen molar-refractivity contribution in [2.75, 3.05) is 7.11 Å². The van der Waals surface area contributed by atoms with Crippen LogP contribution in [-0.4, -0.2) is 23.8 Å². The van der Waals surface area contributed by atoms with Crippen LogP contribution < -0.4 is 10.2 Å². The van der Waals surface area contributed by atoms with Crippen LogP contribution in [0.5, 0.6) is 5.75 Å². The van der Waals surface area contributed by atoms with E-state index in [1.807, 2.05) is 80.6 Å². The highest BCUT2D eigenvalue weighted by molar-refractivity contribution is 5.96. The number of methoxy groups -OCH3 is 1. The summed E-state index contributed by atoms with van der Waals surface area (Å²) in [6, 6.07) is 19.5. The highest BCUT2D eigenvalue weighted by atomic mass is 16.5. The first-order valence-corrected chi connectivity index (χ1v) is 8.99. The summed E-state index contributed by atoms with van der Waals surface area (Å²) in [6.45, 7) is 3.91. The van der Waals surface area contributed by atoms with Gasteiger partial charge in [-0.2, -0.15) is 5.10 Å². The first-order valence-electron chi connectivity index (χ1n) is 8.99. The number of rotatable bonds is 6. The molecule has 2 aromatic carbocycles. The Hall–Kier alpha value is -3.60. The fraction of sp³-hybridized carbons (Fsp3) is 0.130. The number of hydrogen-bond acceptors (Lipinski definition) is 3. The first kappa shape index (κ1) is 19.2. The summed E-state index contributed by atoms with van der Waals surface area (Å²) in [5.74, 6) is 0.543. The molecular formula is C23H23N3O2. The van der Waals surface area contributed by atoms with E-state index < -0.39 is 0 Å². The maximum absolute atomic E-state index is 12.5. The highest BCUT2D eigenvalue weighted by Gasteiger charge is 2.16. The van der Waals surface area contributed by atoms with Crippen molar-refractivity contribution < 1.29 is 9.53 Å². The summed E-state index contributed by atoms with van der Waals surface area (Å²) in [6.07, 6.45) is 5.17. The molecule has 1 N–H and O–H groups in total. The number of nitrogens with one attached hydrogen (secondary N) is 1. The third-order valence-electron chi connectivity index (χ3n) is 4.43. The Labute approximate surface area is 165 Å². The number of para-hydroxylation sites is 2. The molecule has 1 heterocycles. The van der Waals surface area contributed by atoms with Gasteiger partial charge in [0.25, 0.3) is 5.91 Å². The molecule has 5 nitrogen and oxygen atoms in total. The Balaban J connectivity index is 1.69. The molecule has 5 heteroatoms. The van der Waals surface area contributed by atoms with Crippen molar-refractivity contribution in [3.63, 3.8) is 0 Å². The van der Waals surface area contributed by atoms with Gasteiger partial charge in [0.2, 0.25) is 0 Å². The fourth-order valence-corrected chi connectivity index (χ4v) is 3.12. The van der Waals surface area contributed by atoms with Crippen LogP contribution in [0, 0.1) is 13.8 Å². The summed E-state index contributed by atoms with van der Waals surface area (Å²) >= 11 is 0. The lowest BCUT2D eigenvalue weighted by molar-refractivity contribution is 0.0954. The predicted octanol–water partition coefficient (Wildman–Crippen LogP) is 4.53. The zero-order valence-corrected chi connectivity index (χ0v) is 16.2. The second kappa shape index (κ2) is 8.86. The minimum atomic E-state index is -0.239. The molecule has 3 aromatic rings. The molecule has 0 saturated carbocycles. The molecule has 0 fully saturated rings. The lowest BCUT2D eigenvalue weighted by Gasteiger charge is -2.09. The van der Waals surface area contributed by atoms with E-state index in [1.165, 1.54) is 0 Å². The van der Waals surface area contributed by atoms with Crippen LogP contribution in [0.4, 0.5) is 0 Å². The van der Waals surface area contributed by atoms with Crippen LogP contribution in [0.1, 0.15) is 27.3 Å². The van der Waals surface area contributed by atoms with Crippen LogP contribution in [0.2, 0.25) is 0 Å². The molecule has 0 unspecified atom stereocenters. The standard InChI is InChI=1S/C23H23N3O2/c1-17-16-21(18(2)26(17)20-12-5-4-6-13-20)23(27)25-24-15-9-11-19-10-7-8-14-22(19)28-3/h4-16H,1-3H3,(H,25,27)/b11-9+,24-15-. The van der Waals surface area contributed by atoms with Crippen LogP contribution in [-0.2, 0) is 0 Å². The Morgan fingerprint density at radius 1 is 1.07 bits per heavy atom. The third kappa shape index (κ3) is 4.20. The monoisotopic (exact) mass is 373 g/mol. The van der Waals surface area contributed by atoms with Gasteiger partial charge in [0.15, 0.2) is 0 Å². The second-order valence-electron chi connectivity index (χ2n) is 6.28. The number of hydrogen-bond donors (Lipinski definition) is 1. The molecular weight excluding hydrogens is 350 g/mol. The van der Waals surface area contributed by atoms with Gasteiger partial charge in [-0.1, -0.05) is 36.4 Å². The van der Waals surface area contributed by atoms with E-state index in [4.69, 9.17) is 4.74 Å². The molecule has 1 amide bonds. The minimum Gasteiger partial charge on any atom is -0.496 e. The molecule has 0 bridgehead atoms. The van der Waals surface area contributed by atoms with Crippen LogP contribution in [0.25, 0.3) is 11.8 Å². The van der Waals surface area contributed by atoms with E-state index in [0.29, 0.717) is 5.56 Å². The quantitative estimate of drug-likeness (QED) is 0.510. The number of allylic oxidation sites excluding steroid dienone is 1. The molecule has 1 aromatic heterocycles. The van der Waals surface area contributed by atoms with E-state index in [9.17, 15) is 4.79 Å². The normalized spacial score (nSPS) is 11.2. The van der Waals surface area contributed by atoms with Crippen molar-refractivity contribution in [3.8, 4) is 11.4 Å². The summed E-state index contributed by atoms with van der Waals surface area (Å²) in [4.78, 5) is 12.5. The van der Waals surface area contributed by atoms with Crippen LogP contribution in [0.3, 0.4) is 0 Å². The van der Waals surface area contributed by atoms with Gasteiger partial charge in [-0.3, -0.25) is 4.79 Å². The van der Waals surface area contributed by atoms with E-state index in [-0.39, 0.29) is 5.91 Å². The molecule has 0 spiro atoms. The molecule has 0 radical (unpaired) electrons. The number of aromatic nitrogens is 1. The van der Waals surface area contributed by atoms with Gasteiger partial charge in [0.1, 0.15) is 5.75 Å². The summed E-state index contributed by atoms with van der Waals surface area (Å²) < 4.78 is 7.35. The first-order chi connectivity index (χ1) is 13.6. The van der Waals surface area contributed by atoms with Gasteiger partial charge in [-0.15, -0.1) is 0 Å². The van der Waals surface area contributed by atoms with E-state index in [1.54, 1.807) is 19.4 Å². The number of carbonyl (C=O) groups excluding carboxylic acids is 1. The van der Waals surface area contributed by atoms with Crippen LogP contribution in [0.15, 0.2) is 71.8 Å². The van der Waals surface area contributed by atoms with Gasteiger partial charge >= 0.3 is 0 Å². The topological polar surface area (TPSA) is 55.6 Å².